The van der Waals surface area contributed by atoms with Gasteiger partial charge in [0, 0.05) is 31.4 Å². The molecule has 0 spiro atoms. The van der Waals surface area contributed by atoms with E-state index in [4.69, 9.17) is 0 Å². The molecule has 7 nitrogen and oxygen atoms in total. The number of sulfonamides is 1. The Hall–Kier alpha value is -2.78. The van der Waals surface area contributed by atoms with E-state index in [2.05, 4.69) is 5.32 Å². The Morgan fingerprint density at radius 3 is 2.48 bits per heavy atom. The van der Waals surface area contributed by atoms with E-state index in [1.165, 1.54) is 44.3 Å². The van der Waals surface area contributed by atoms with Gasteiger partial charge in [-0.25, -0.2) is 12.8 Å². The zero-order valence-corrected chi connectivity index (χ0v) is 17.2. The lowest BCUT2D eigenvalue weighted by Crippen LogP contribution is -2.35. The van der Waals surface area contributed by atoms with Crippen molar-refractivity contribution in [3.8, 4) is 0 Å². The summed E-state index contributed by atoms with van der Waals surface area (Å²) in [6.45, 7) is 2.98. The first-order valence-corrected chi connectivity index (χ1v) is 10.5. The SMILES string of the molecule is CC(=O)N1c2ccc(S(=O)(=O)N(C)CC(=O)Nc3ccc(F)cc3)cc2C[C@@H]1C. The number of fused-ring (bicyclic) bond motifs is 1. The number of amides is 2. The van der Waals surface area contributed by atoms with Gasteiger partial charge < -0.3 is 10.2 Å². The Morgan fingerprint density at radius 1 is 1.21 bits per heavy atom. The number of nitrogens with one attached hydrogen (secondary N) is 1. The fourth-order valence-electron chi connectivity index (χ4n) is 3.45. The minimum Gasteiger partial charge on any atom is -0.325 e. The fourth-order valence-corrected chi connectivity index (χ4v) is 4.63. The zero-order chi connectivity index (χ0) is 21.3. The van der Waals surface area contributed by atoms with Gasteiger partial charge in [0.2, 0.25) is 21.8 Å². The Labute approximate surface area is 169 Å². The summed E-state index contributed by atoms with van der Waals surface area (Å²) >= 11 is 0. The second-order valence-corrected chi connectivity index (χ2v) is 9.09. The van der Waals surface area contributed by atoms with Crippen molar-refractivity contribution in [3.05, 3.63) is 53.8 Å². The second kappa shape index (κ2) is 7.92. The number of likely N-dealkylation sites (N-methyl/N-ethyl adjacent to an activating group) is 1. The summed E-state index contributed by atoms with van der Waals surface area (Å²) in [6, 6.07) is 9.76. The summed E-state index contributed by atoms with van der Waals surface area (Å²) in [4.78, 5) is 25.7. The van der Waals surface area contributed by atoms with Crippen LogP contribution >= 0.6 is 0 Å². The lowest BCUT2D eigenvalue weighted by atomic mass is 10.1. The van der Waals surface area contributed by atoms with Crippen LogP contribution < -0.4 is 10.2 Å². The Kier molecular flexibility index (Phi) is 5.72. The molecule has 0 unspecified atom stereocenters. The van der Waals surface area contributed by atoms with Crippen molar-refractivity contribution < 1.29 is 22.4 Å². The van der Waals surface area contributed by atoms with Crippen LogP contribution in [0, 0.1) is 5.82 Å². The number of nitrogens with zero attached hydrogens (tertiary/aromatic N) is 2. The van der Waals surface area contributed by atoms with Crippen molar-refractivity contribution in [1.82, 2.24) is 4.31 Å². The van der Waals surface area contributed by atoms with Crippen LogP contribution in [0.4, 0.5) is 15.8 Å². The first kappa shape index (κ1) is 20.9. The number of carbonyl (C=O) groups excluding carboxylic acids is 2. The highest BCUT2D eigenvalue weighted by Crippen LogP contribution is 2.34. The van der Waals surface area contributed by atoms with Gasteiger partial charge >= 0.3 is 0 Å². The van der Waals surface area contributed by atoms with Crippen molar-refractivity contribution in [1.29, 1.82) is 0 Å². The van der Waals surface area contributed by atoms with Gasteiger partial charge in [-0.15, -0.1) is 0 Å². The van der Waals surface area contributed by atoms with Crippen LogP contribution in [0.2, 0.25) is 0 Å². The van der Waals surface area contributed by atoms with E-state index < -0.39 is 28.3 Å². The molecule has 29 heavy (non-hydrogen) atoms. The quantitative estimate of drug-likeness (QED) is 0.806. The van der Waals surface area contributed by atoms with E-state index in [-0.39, 0.29) is 16.8 Å². The van der Waals surface area contributed by atoms with Crippen molar-refractivity contribution in [3.63, 3.8) is 0 Å². The van der Waals surface area contributed by atoms with Crippen LogP contribution in [0.1, 0.15) is 19.4 Å². The monoisotopic (exact) mass is 419 g/mol. The molecule has 1 N–H and O–H groups in total. The van der Waals surface area contributed by atoms with Crippen LogP contribution in [0.3, 0.4) is 0 Å². The highest BCUT2D eigenvalue weighted by atomic mass is 32.2. The standard InChI is InChI=1S/C20H22FN3O4S/c1-13-10-15-11-18(8-9-19(15)24(13)14(2)25)29(27,28)23(3)12-20(26)22-17-6-4-16(21)5-7-17/h4-9,11,13H,10,12H2,1-3H3,(H,22,26)/t13-/m0/s1. The van der Waals surface area contributed by atoms with Gasteiger partial charge in [-0.3, -0.25) is 9.59 Å². The van der Waals surface area contributed by atoms with Crippen LogP contribution in [0.25, 0.3) is 0 Å². The molecule has 2 aromatic carbocycles. The number of carbonyl (C=O) groups is 2. The molecular weight excluding hydrogens is 397 g/mol. The molecule has 0 bridgehead atoms. The van der Waals surface area contributed by atoms with E-state index in [1.807, 2.05) is 6.92 Å². The van der Waals surface area contributed by atoms with Crippen LogP contribution in [0.5, 0.6) is 0 Å². The Balaban J connectivity index is 1.75. The number of hydrogen-bond acceptors (Lipinski definition) is 4. The molecule has 0 aliphatic carbocycles. The lowest BCUT2D eigenvalue weighted by Gasteiger charge is -2.21. The smallest absolute Gasteiger partial charge is 0.243 e. The topological polar surface area (TPSA) is 86.8 Å². The third-order valence-corrected chi connectivity index (χ3v) is 6.61. The lowest BCUT2D eigenvalue weighted by molar-refractivity contribution is -0.117. The summed E-state index contributed by atoms with van der Waals surface area (Å²) < 4.78 is 39.7. The van der Waals surface area contributed by atoms with Crippen LogP contribution in [0.15, 0.2) is 47.4 Å². The minimum absolute atomic E-state index is 0.0420. The summed E-state index contributed by atoms with van der Waals surface area (Å²) in [5.74, 6) is -1.07. The van der Waals surface area contributed by atoms with Gasteiger partial charge in [0.05, 0.1) is 11.4 Å². The minimum atomic E-state index is -3.90. The molecule has 0 aromatic heterocycles. The second-order valence-electron chi connectivity index (χ2n) is 7.05. The molecule has 154 valence electrons. The maximum Gasteiger partial charge on any atom is 0.243 e. The Morgan fingerprint density at radius 2 is 1.86 bits per heavy atom. The van der Waals surface area contributed by atoms with Crippen LogP contribution in [-0.4, -0.2) is 44.2 Å². The molecule has 3 rings (SSSR count). The molecule has 1 aliphatic heterocycles. The highest BCUT2D eigenvalue weighted by Gasteiger charge is 2.31. The van der Waals surface area contributed by atoms with E-state index in [1.54, 1.807) is 17.0 Å². The Bertz CT molecular complexity index is 1050. The van der Waals surface area contributed by atoms with Gasteiger partial charge in [-0.2, -0.15) is 4.31 Å². The summed E-state index contributed by atoms with van der Waals surface area (Å²) in [7, 11) is -2.58. The summed E-state index contributed by atoms with van der Waals surface area (Å²) in [5.41, 5.74) is 1.86. The molecule has 2 aromatic rings. The van der Waals surface area contributed by atoms with E-state index in [0.29, 0.717) is 17.8 Å². The predicted octanol–water partition coefficient (Wildman–Crippen LogP) is 2.38. The molecule has 0 saturated heterocycles. The third-order valence-electron chi connectivity index (χ3n) is 4.81. The van der Waals surface area contributed by atoms with Crippen molar-refractivity contribution in [2.24, 2.45) is 0 Å². The average Bonchev–Trinajstić information content (AvgIpc) is 2.98. The van der Waals surface area contributed by atoms with Gasteiger partial charge in [-0.1, -0.05) is 0 Å². The normalized spacial score (nSPS) is 16.0. The number of anilines is 2. The first-order valence-electron chi connectivity index (χ1n) is 9.04. The van der Waals surface area contributed by atoms with Crippen molar-refractivity contribution >= 4 is 33.2 Å². The van der Waals surface area contributed by atoms with Gasteiger partial charge in [0.15, 0.2) is 0 Å². The number of halogens is 1. The molecule has 1 heterocycles. The zero-order valence-electron chi connectivity index (χ0n) is 16.3. The van der Waals surface area contributed by atoms with E-state index in [0.717, 1.165) is 9.87 Å². The fraction of sp³-hybridized carbons (Fsp3) is 0.300. The molecular formula is C20H22FN3O4S. The van der Waals surface area contributed by atoms with E-state index >= 15 is 0 Å². The third kappa shape index (κ3) is 4.30. The molecule has 1 atom stereocenters. The number of benzene rings is 2. The number of hydrogen-bond donors (Lipinski definition) is 1. The van der Waals surface area contributed by atoms with Crippen molar-refractivity contribution in [2.75, 3.05) is 23.8 Å². The predicted molar refractivity (Wildman–Crippen MR) is 108 cm³/mol. The van der Waals surface area contributed by atoms with Gasteiger partial charge in [0.25, 0.3) is 0 Å². The average molecular weight is 419 g/mol. The van der Waals surface area contributed by atoms with E-state index in [9.17, 15) is 22.4 Å². The highest BCUT2D eigenvalue weighted by molar-refractivity contribution is 7.89. The molecule has 1 aliphatic rings. The summed E-state index contributed by atoms with van der Waals surface area (Å²) in [5, 5.41) is 2.53. The number of rotatable bonds is 5. The maximum atomic E-state index is 12.9. The molecule has 0 radical (unpaired) electrons. The molecule has 0 saturated carbocycles. The van der Waals surface area contributed by atoms with Crippen LogP contribution in [-0.2, 0) is 26.0 Å². The first-order chi connectivity index (χ1) is 13.6. The van der Waals surface area contributed by atoms with Gasteiger partial charge in [0.1, 0.15) is 5.82 Å². The van der Waals surface area contributed by atoms with Gasteiger partial charge in [-0.05, 0) is 61.4 Å². The van der Waals surface area contributed by atoms with Crippen molar-refractivity contribution in [2.45, 2.75) is 31.2 Å². The maximum absolute atomic E-state index is 12.9. The summed E-state index contributed by atoms with van der Waals surface area (Å²) in [6.07, 6.45) is 0.563. The molecule has 2 amide bonds. The molecule has 9 heteroatoms. The largest absolute Gasteiger partial charge is 0.325 e. The molecule has 0 fully saturated rings.